The molecule has 2 saturated heterocycles. The molecule has 0 saturated carbocycles. The van der Waals surface area contributed by atoms with Crippen molar-refractivity contribution >= 4 is 24.1 Å². The Kier molecular flexibility index (Phi) is 6.85. The Morgan fingerprint density at radius 2 is 1.72 bits per heavy atom. The molecule has 1 amide bonds. The summed E-state index contributed by atoms with van der Waals surface area (Å²) < 4.78 is 5.09. The van der Waals surface area contributed by atoms with Crippen LogP contribution in [-0.2, 0) is 4.79 Å². The van der Waals surface area contributed by atoms with Gasteiger partial charge < -0.3 is 15.0 Å². The second kappa shape index (κ2) is 8.68. The number of hydrogen-bond donors (Lipinski definition) is 1. The number of carbonyl (C=O) groups is 2. The van der Waals surface area contributed by atoms with Crippen LogP contribution in [0.2, 0.25) is 0 Å². The number of hydrogen-bond acceptors (Lipinski definition) is 4. The van der Waals surface area contributed by atoms with E-state index in [1.54, 1.807) is 31.4 Å². The van der Waals surface area contributed by atoms with Crippen molar-refractivity contribution in [1.29, 1.82) is 0 Å². The molecular weight excluding hydrogens is 340 g/mol. The van der Waals surface area contributed by atoms with Crippen LogP contribution in [0.4, 0.5) is 0 Å². The number of nitrogens with zero attached hydrogens (tertiary/aromatic N) is 1. The maximum atomic E-state index is 12.4. The van der Waals surface area contributed by atoms with Gasteiger partial charge in [-0.25, -0.2) is 0 Å². The van der Waals surface area contributed by atoms with Gasteiger partial charge in [-0.05, 0) is 49.9 Å². The zero-order valence-corrected chi connectivity index (χ0v) is 15.7. The fourth-order valence-electron chi connectivity index (χ4n) is 3.87. The van der Waals surface area contributed by atoms with Gasteiger partial charge in [0.1, 0.15) is 5.75 Å². The Bertz CT molecular complexity index is 593. The fraction of sp³-hybridized carbons (Fsp3) is 0.579. The number of rotatable bonds is 6. The van der Waals surface area contributed by atoms with Crippen LogP contribution in [0.25, 0.3) is 0 Å². The summed E-state index contributed by atoms with van der Waals surface area (Å²) in [6.07, 6.45) is 5.04. The fourth-order valence-corrected chi connectivity index (χ4v) is 3.87. The third-order valence-electron chi connectivity index (χ3n) is 5.37. The highest BCUT2D eigenvalue weighted by Gasteiger charge is 2.36. The molecule has 6 heteroatoms. The Morgan fingerprint density at radius 1 is 1.12 bits per heavy atom. The quantitative estimate of drug-likeness (QED) is 0.786. The minimum atomic E-state index is 0. The number of ketones is 1. The predicted octanol–water partition coefficient (Wildman–Crippen LogP) is 2.82. The molecule has 1 aromatic carbocycles. The van der Waals surface area contributed by atoms with Gasteiger partial charge in [-0.1, -0.05) is 0 Å². The third-order valence-corrected chi connectivity index (χ3v) is 5.37. The summed E-state index contributed by atoms with van der Waals surface area (Å²) in [7, 11) is 3.48. The number of methoxy groups -OCH3 is 1. The molecular formula is C19H27ClN2O3. The van der Waals surface area contributed by atoms with E-state index < -0.39 is 0 Å². The number of nitrogens with one attached hydrogen (secondary N) is 1. The number of Topliss-reactive ketones (excluding diaryl/α,β-unsaturated/α-hetero) is 1. The van der Waals surface area contributed by atoms with Gasteiger partial charge in [0.15, 0.2) is 5.78 Å². The number of amides is 1. The first kappa shape index (κ1) is 19.7. The van der Waals surface area contributed by atoms with Crippen LogP contribution in [0.15, 0.2) is 24.3 Å². The summed E-state index contributed by atoms with van der Waals surface area (Å²) >= 11 is 0. The van der Waals surface area contributed by atoms with Crippen molar-refractivity contribution in [1.82, 2.24) is 10.2 Å². The van der Waals surface area contributed by atoms with Crippen molar-refractivity contribution in [3.63, 3.8) is 0 Å². The average molecular weight is 367 g/mol. The summed E-state index contributed by atoms with van der Waals surface area (Å²) in [6, 6.07) is 8.47. The summed E-state index contributed by atoms with van der Waals surface area (Å²) in [5.74, 6) is 0.802. The molecule has 0 radical (unpaired) electrons. The monoisotopic (exact) mass is 366 g/mol. The van der Waals surface area contributed by atoms with Gasteiger partial charge in [0, 0.05) is 43.6 Å². The molecule has 0 aliphatic carbocycles. The van der Waals surface area contributed by atoms with Gasteiger partial charge in [0.2, 0.25) is 5.91 Å². The lowest BCUT2D eigenvalue weighted by atomic mass is 9.98. The molecule has 2 fully saturated rings. The van der Waals surface area contributed by atoms with Crippen LogP contribution in [0, 0.1) is 0 Å². The standard InChI is InChI=1S/C19H26N2O3.ClH/c1-21(16-11-14-5-6-15(12-16)20-14)19(23)10-9-18(22)13-3-7-17(24-2)8-4-13;/h3-4,7-8,14-16,20H,5-6,9-12H2,1-2H3;1H. The first-order valence-corrected chi connectivity index (χ1v) is 8.75. The molecule has 0 aromatic heterocycles. The van der Waals surface area contributed by atoms with Crippen molar-refractivity contribution in [2.24, 2.45) is 0 Å². The first-order valence-electron chi connectivity index (χ1n) is 8.75. The first-order chi connectivity index (χ1) is 11.6. The molecule has 2 aliphatic heterocycles. The molecule has 1 aromatic rings. The van der Waals surface area contributed by atoms with Gasteiger partial charge >= 0.3 is 0 Å². The molecule has 25 heavy (non-hydrogen) atoms. The number of fused-ring (bicyclic) bond motifs is 2. The van der Waals surface area contributed by atoms with Crippen molar-refractivity contribution in [2.75, 3.05) is 14.2 Å². The van der Waals surface area contributed by atoms with E-state index in [1.807, 2.05) is 11.9 Å². The molecule has 0 spiro atoms. The second-order valence-corrected chi connectivity index (χ2v) is 6.92. The summed E-state index contributed by atoms with van der Waals surface area (Å²) in [6.45, 7) is 0. The smallest absolute Gasteiger partial charge is 0.223 e. The molecule has 2 bridgehead atoms. The van der Waals surface area contributed by atoms with Crippen LogP contribution < -0.4 is 10.1 Å². The van der Waals surface area contributed by atoms with E-state index >= 15 is 0 Å². The molecule has 3 rings (SSSR count). The van der Waals surface area contributed by atoms with Crippen molar-refractivity contribution < 1.29 is 14.3 Å². The lowest BCUT2D eigenvalue weighted by Crippen LogP contribution is -2.48. The maximum Gasteiger partial charge on any atom is 0.223 e. The van der Waals surface area contributed by atoms with Gasteiger partial charge in [0.25, 0.3) is 0 Å². The number of halogens is 1. The number of ether oxygens (including phenoxy) is 1. The van der Waals surface area contributed by atoms with Crippen LogP contribution in [-0.4, -0.2) is 48.9 Å². The van der Waals surface area contributed by atoms with E-state index in [2.05, 4.69) is 5.32 Å². The Labute approximate surface area is 155 Å². The summed E-state index contributed by atoms with van der Waals surface area (Å²) in [5, 5.41) is 3.59. The van der Waals surface area contributed by atoms with Crippen LogP contribution >= 0.6 is 12.4 Å². The molecule has 2 atom stereocenters. The van der Waals surface area contributed by atoms with Gasteiger partial charge in [-0.2, -0.15) is 0 Å². The zero-order chi connectivity index (χ0) is 17.1. The van der Waals surface area contributed by atoms with E-state index in [-0.39, 0.29) is 36.9 Å². The predicted molar refractivity (Wildman–Crippen MR) is 99.5 cm³/mol. The van der Waals surface area contributed by atoms with Crippen LogP contribution in [0.1, 0.15) is 48.9 Å². The molecule has 2 aliphatic rings. The van der Waals surface area contributed by atoms with E-state index in [9.17, 15) is 9.59 Å². The zero-order valence-electron chi connectivity index (χ0n) is 14.9. The molecule has 5 nitrogen and oxygen atoms in total. The van der Waals surface area contributed by atoms with E-state index in [1.165, 1.54) is 12.8 Å². The van der Waals surface area contributed by atoms with Gasteiger partial charge in [0.05, 0.1) is 7.11 Å². The highest BCUT2D eigenvalue weighted by atomic mass is 35.5. The molecule has 138 valence electrons. The topological polar surface area (TPSA) is 58.6 Å². The van der Waals surface area contributed by atoms with Gasteiger partial charge in [-0.15, -0.1) is 12.4 Å². The minimum Gasteiger partial charge on any atom is -0.497 e. The van der Waals surface area contributed by atoms with E-state index in [0.717, 1.165) is 18.6 Å². The normalized spacial score (nSPS) is 24.3. The maximum absolute atomic E-state index is 12.4. The largest absolute Gasteiger partial charge is 0.497 e. The average Bonchev–Trinajstić information content (AvgIpc) is 2.96. The Balaban J connectivity index is 0.00000225. The lowest BCUT2D eigenvalue weighted by molar-refractivity contribution is -0.132. The highest BCUT2D eigenvalue weighted by Crippen LogP contribution is 2.29. The molecule has 1 N–H and O–H groups in total. The molecule has 2 unspecified atom stereocenters. The van der Waals surface area contributed by atoms with Crippen LogP contribution in [0.5, 0.6) is 5.75 Å². The van der Waals surface area contributed by atoms with Gasteiger partial charge in [-0.3, -0.25) is 9.59 Å². The summed E-state index contributed by atoms with van der Waals surface area (Å²) in [4.78, 5) is 26.6. The van der Waals surface area contributed by atoms with E-state index in [0.29, 0.717) is 23.7 Å². The van der Waals surface area contributed by atoms with Crippen molar-refractivity contribution in [2.45, 2.75) is 56.7 Å². The van der Waals surface area contributed by atoms with E-state index in [4.69, 9.17) is 4.74 Å². The van der Waals surface area contributed by atoms with Crippen molar-refractivity contribution in [3.05, 3.63) is 29.8 Å². The molecule has 2 heterocycles. The number of carbonyl (C=O) groups excluding carboxylic acids is 2. The highest BCUT2D eigenvalue weighted by molar-refractivity contribution is 5.98. The summed E-state index contributed by atoms with van der Waals surface area (Å²) in [5.41, 5.74) is 0.631. The Hall–Kier alpha value is -1.59. The van der Waals surface area contributed by atoms with Crippen molar-refractivity contribution in [3.8, 4) is 5.75 Å². The SMILES string of the molecule is COc1ccc(C(=O)CCC(=O)N(C)C2CC3CCC(C2)N3)cc1.Cl. The van der Waals surface area contributed by atoms with Crippen LogP contribution in [0.3, 0.4) is 0 Å². The number of piperidine rings is 1. The third kappa shape index (κ3) is 4.73. The second-order valence-electron chi connectivity index (χ2n) is 6.92. The minimum absolute atomic E-state index is 0. The lowest BCUT2D eigenvalue weighted by Gasteiger charge is -2.35. The Morgan fingerprint density at radius 3 is 2.28 bits per heavy atom. The number of benzene rings is 1.